The third-order valence-electron chi connectivity index (χ3n) is 4.11. The lowest BCUT2D eigenvalue weighted by atomic mass is 10.1. The maximum atomic E-state index is 12.6. The highest BCUT2D eigenvalue weighted by Gasteiger charge is 2.10. The molecule has 4 aromatic rings. The zero-order valence-corrected chi connectivity index (χ0v) is 15.2. The Labute approximate surface area is 166 Å². The number of aromatic nitrogens is 4. The summed E-state index contributed by atoms with van der Waals surface area (Å²) in [7, 11) is 0. The average molecular weight is 384 g/mol. The van der Waals surface area contributed by atoms with Crippen LogP contribution in [0.5, 0.6) is 0 Å². The van der Waals surface area contributed by atoms with Crippen molar-refractivity contribution in [1.29, 1.82) is 0 Å². The maximum absolute atomic E-state index is 12.6. The molecule has 0 aliphatic rings. The van der Waals surface area contributed by atoms with Crippen molar-refractivity contribution in [3.63, 3.8) is 0 Å². The second kappa shape index (κ2) is 8.13. The van der Waals surface area contributed by atoms with E-state index in [-0.39, 0.29) is 11.8 Å². The lowest BCUT2D eigenvalue weighted by Crippen LogP contribution is -2.14. The van der Waals surface area contributed by atoms with Gasteiger partial charge in [-0.15, -0.1) is 0 Å². The molecule has 0 saturated carbocycles. The van der Waals surface area contributed by atoms with Crippen molar-refractivity contribution in [3.8, 4) is 5.69 Å². The molecule has 0 fully saturated rings. The fraction of sp³-hybridized carbons (Fsp3) is 0. The highest BCUT2D eigenvalue weighted by atomic mass is 16.2. The number of benzene rings is 2. The number of nitrogens with one attached hydrogen (secondary N) is 2. The first kappa shape index (κ1) is 18.1. The van der Waals surface area contributed by atoms with Crippen LogP contribution in [0, 0.1) is 0 Å². The van der Waals surface area contributed by atoms with Gasteiger partial charge < -0.3 is 10.6 Å². The van der Waals surface area contributed by atoms with Gasteiger partial charge in [0.2, 0.25) is 0 Å². The van der Waals surface area contributed by atoms with Crippen molar-refractivity contribution < 1.29 is 9.59 Å². The van der Waals surface area contributed by atoms with Gasteiger partial charge in [-0.05, 0) is 54.6 Å². The molecule has 4 rings (SSSR count). The Kier molecular flexibility index (Phi) is 5.06. The van der Waals surface area contributed by atoms with Crippen LogP contribution in [0.25, 0.3) is 5.69 Å². The van der Waals surface area contributed by atoms with Crippen molar-refractivity contribution in [2.24, 2.45) is 0 Å². The van der Waals surface area contributed by atoms with Gasteiger partial charge in [-0.1, -0.05) is 6.07 Å². The van der Waals surface area contributed by atoms with Crippen LogP contribution >= 0.6 is 0 Å². The average Bonchev–Trinajstić information content (AvgIpc) is 3.30. The molecule has 2 N–H and O–H groups in total. The van der Waals surface area contributed by atoms with Crippen LogP contribution in [-0.2, 0) is 0 Å². The molecule has 0 spiro atoms. The highest BCUT2D eigenvalue weighted by Crippen LogP contribution is 2.16. The van der Waals surface area contributed by atoms with E-state index in [9.17, 15) is 9.59 Å². The predicted molar refractivity (Wildman–Crippen MR) is 108 cm³/mol. The van der Waals surface area contributed by atoms with Crippen LogP contribution in [0.15, 0.2) is 85.7 Å². The largest absolute Gasteiger partial charge is 0.322 e. The molecule has 0 aliphatic carbocycles. The third kappa shape index (κ3) is 4.33. The predicted octanol–water partition coefficient (Wildman–Crippen LogP) is 3.17. The Morgan fingerprint density at radius 2 is 1.55 bits per heavy atom. The first-order valence-electron chi connectivity index (χ1n) is 8.77. The van der Waals surface area contributed by atoms with Gasteiger partial charge in [0.25, 0.3) is 11.8 Å². The number of carbonyl (C=O) groups is 2. The highest BCUT2D eigenvalue weighted by molar-refractivity contribution is 6.07. The summed E-state index contributed by atoms with van der Waals surface area (Å²) in [6.45, 7) is 0. The summed E-state index contributed by atoms with van der Waals surface area (Å²) >= 11 is 0. The Morgan fingerprint density at radius 3 is 2.28 bits per heavy atom. The molecule has 0 unspecified atom stereocenters. The molecule has 29 heavy (non-hydrogen) atoms. The van der Waals surface area contributed by atoms with Crippen molar-refractivity contribution in [1.82, 2.24) is 19.7 Å². The van der Waals surface area contributed by atoms with Gasteiger partial charge in [-0.25, -0.2) is 9.67 Å². The van der Waals surface area contributed by atoms with E-state index in [2.05, 4.69) is 25.7 Å². The van der Waals surface area contributed by atoms with Crippen LogP contribution in [0.1, 0.15) is 20.7 Å². The third-order valence-corrected chi connectivity index (χ3v) is 4.11. The van der Waals surface area contributed by atoms with E-state index >= 15 is 0 Å². The number of rotatable bonds is 5. The number of amides is 2. The zero-order valence-electron chi connectivity index (χ0n) is 15.2. The summed E-state index contributed by atoms with van der Waals surface area (Å²) in [6.07, 6.45) is 6.13. The number of hydrogen-bond donors (Lipinski definition) is 2. The van der Waals surface area contributed by atoms with Crippen molar-refractivity contribution in [2.45, 2.75) is 0 Å². The molecule has 0 atom stereocenters. The van der Waals surface area contributed by atoms with Crippen molar-refractivity contribution >= 4 is 23.2 Å². The molecule has 2 amide bonds. The minimum Gasteiger partial charge on any atom is -0.322 e. The molecule has 8 heteroatoms. The van der Waals surface area contributed by atoms with E-state index in [1.165, 1.54) is 12.5 Å². The molecule has 0 saturated heterocycles. The summed E-state index contributed by atoms with van der Waals surface area (Å²) < 4.78 is 1.63. The molecule has 2 aromatic heterocycles. The van der Waals surface area contributed by atoms with E-state index in [4.69, 9.17) is 0 Å². The molecule has 0 radical (unpaired) electrons. The fourth-order valence-corrected chi connectivity index (χ4v) is 2.68. The number of pyridine rings is 1. The molecule has 0 aliphatic heterocycles. The van der Waals surface area contributed by atoms with E-state index in [0.717, 1.165) is 5.69 Å². The van der Waals surface area contributed by atoms with Crippen LogP contribution in [-0.4, -0.2) is 31.6 Å². The van der Waals surface area contributed by atoms with E-state index in [1.54, 1.807) is 65.7 Å². The first-order chi connectivity index (χ1) is 14.2. The summed E-state index contributed by atoms with van der Waals surface area (Å²) in [5.74, 6) is -0.574. The SMILES string of the molecule is O=C(Nc1cccc(C(=O)Nc2ccc(-n3cncn3)cc2)c1)c1cccnc1. The fourth-order valence-electron chi connectivity index (χ4n) is 2.68. The second-order valence-corrected chi connectivity index (χ2v) is 6.12. The summed E-state index contributed by atoms with van der Waals surface area (Å²) in [5.41, 5.74) is 2.86. The smallest absolute Gasteiger partial charge is 0.257 e. The lowest BCUT2D eigenvalue weighted by molar-refractivity contribution is 0.101. The van der Waals surface area contributed by atoms with E-state index < -0.39 is 0 Å². The number of carbonyl (C=O) groups excluding carboxylic acids is 2. The quantitative estimate of drug-likeness (QED) is 0.550. The molecular weight excluding hydrogens is 368 g/mol. The summed E-state index contributed by atoms with van der Waals surface area (Å²) in [5, 5.41) is 9.66. The standard InChI is InChI=1S/C21H16N6O2/c28-20(25-17-6-8-19(9-7-17)27-14-23-13-24-27)15-3-1-5-18(11-15)26-21(29)16-4-2-10-22-12-16/h1-14H,(H,25,28)(H,26,29). The van der Waals surface area contributed by atoms with Gasteiger partial charge in [0.05, 0.1) is 11.3 Å². The minimum atomic E-state index is -0.292. The Bertz CT molecular complexity index is 1130. The molecular formula is C21H16N6O2. The van der Waals surface area contributed by atoms with Crippen LogP contribution in [0.4, 0.5) is 11.4 Å². The van der Waals surface area contributed by atoms with E-state index in [0.29, 0.717) is 22.5 Å². The minimum absolute atomic E-state index is 0.281. The van der Waals surface area contributed by atoms with Gasteiger partial charge in [-0.3, -0.25) is 14.6 Å². The summed E-state index contributed by atoms with van der Waals surface area (Å²) in [6, 6.07) is 17.3. The van der Waals surface area contributed by atoms with Gasteiger partial charge in [0, 0.05) is 29.3 Å². The van der Waals surface area contributed by atoms with E-state index in [1.807, 2.05) is 12.1 Å². The normalized spacial score (nSPS) is 10.3. The van der Waals surface area contributed by atoms with Gasteiger partial charge in [-0.2, -0.15) is 5.10 Å². The molecule has 2 heterocycles. The molecule has 2 aromatic carbocycles. The van der Waals surface area contributed by atoms with Gasteiger partial charge >= 0.3 is 0 Å². The van der Waals surface area contributed by atoms with Crippen LogP contribution < -0.4 is 10.6 Å². The summed E-state index contributed by atoms with van der Waals surface area (Å²) in [4.78, 5) is 32.7. The van der Waals surface area contributed by atoms with Gasteiger partial charge in [0.1, 0.15) is 12.7 Å². The topological polar surface area (TPSA) is 102 Å². The number of anilines is 2. The Balaban J connectivity index is 1.44. The number of nitrogens with zero attached hydrogens (tertiary/aromatic N) is 4. The molecule has 8 nitrogen and oxygen atoms in total. The van der Waals surface area contributed by atoms with Gasteiger partial charge in [0.15, 0.2) is 0 Å². The van der Waals surface area contributed by atoms with Crippen molar-refractivity contribution in [3.05, 3.63) is 96.8 Å². The van der Waals surface area contributed by atoms with Crippen LogP contribution in [0.3, 0.4) is 0 Å². The second-order valence-electron chi connectivity index (χ2n) is 6.12. The molecule has 0 bridgehead atoms. The lowest BCUT2D eigenvalue weighted by Gasteiger charge is -2.09. The molecule has 142 valence electrons. The Morgan fingerprint density at radius 1 is 0.793 bits per heavy atom. The Hall–Kier alpha value is -4.33. The number of hydrogen-bond acceptors (Lipinski definition) is 5. The zero-order chi connectivity index (χ0) is 20.1. The van der Waals surface area contributed by atoms with Crippen LogP contribution in [0.2, 0.25) is 0 Å². The van der Waals surface area contributed by atoms with Crippen molar-refractivity contribution in [2.75, 3.05) is 10.6 Å². The maximum Gasteiger partial charge on any atom is 0.257 e. The monoisotopic (exact) mass is 384 g/mol. The first-order valence-corrected chi connectivity index (χ1v) is 8.77.